The van der Waals surface area contributed by atoms with Crippen LogP contribution in [-0.4, -0.2) is 140 Å². The fourth-order valence-corrected chi connectivity index (χ4v) is 9.03. The highest BCUT2D eigenvalue weighted by atomic mass is 16.7. The number of carbonyl (C=O) groups is 1. The lowest BCUT2D eigenvalue weighted by molar-refractivity contribution is -0.359. The molecule has 2 rings (SSSR count). The van der Waals surface area contributed by atoms with Crippen molar-refractivity contribution in [2.75, 3.05) is 19.8 Å². The average Bonchev–Trinajstić information content (AvgIpc) is 3.35. The van der Waals surface area contributed by atoms with E-state index in [1.165, 1.54) is 135 Å². The Morgan fingerprint density at radius 1 is 0.507 bits per heavy atom. The first kappa shape index (κ1) is 63.3. The number of allylic oxidation sites excluding steroid dienone is 5. The van der Waals surface area contributed by atoms with Crippen LogP contribution in [0.2, 0.25) is 0 Å². The summed E-state index contributed by atoms with van der Waals surface area (Å²) in [5.74, 6) is -0.252. The van der Waals surface area contributed by atoms with E-state index < -0.39 is 86.8 Å². The first-order valence-electron chi connectivity index (χ1n) is 27.7. The van der Waals surface area contributed by atoms with Crippen molar-refractivity contribution in [2.24, 2.45) is 0 Å². The number of unbranched alkanes of at least 4 members (excludes halogenated alkanes) is 26. The quantitative estimate of drug-likeness (QED) is 0.0207. The number of hydrogen-bond donors (Lipinski definition) is 9. The van der Waals surface area contributed by atoms with Crippen molar-refractivity contribution in [3.8, 4) is 0 Å². The van der Waals surface area contributed by atoms with Crippen LogP contribution >= 0.6 is 0 Å². The molecule has 0 spiro atoms. The van der Waals surface area contributed by atoms with E-state index in [2.05, 4.69) is 43.5 Å². The molecule has 404 valence electrons. The van der Waals surface area contributed by atoms with Gasteiger partial charge in [0.1, 0.15) is 48.8 Å². The fraction of sp³-hybridized carbons (Fsp3) is 0.873. The topological polar surface area (TPSA) is 228 Å². The Balaban J connectivity index is 1.80. The Morgan fingerprint density at radius 2 is 0.928 bits per heavy atom. The summed E-state index contributed by atoms with van der Waals surface area (Å²) in [5, 5.41) is 86.8. The van der Waals surface area contributed by atoms with Crippen LogP contribution in [0, 0.1) is 0 Å². The van der Waals surface area contributed by atoms with Crippen molar-refractivity contribution in [1.29, 1.82) is 0 Å². The Hall–Kier alpha value is -1.79. The summed E-state index contributed by atoms with van der Waals surface area (Å²) in [6, 6.07) is -0.934. The molecule has 0 aromatic carbocycles. The normalized spacial score (nSPS) is 26.4. The third kappa shape index (κ3) is 28.3. The van der Waals surface area contributed by atoms with Gasteiger partial charge in [0.25, 0.3) is 0 Å². The molecular weight excluding hydrogens is 883 g/mol. The molecule has 12 atom stereocenters. The zero-order valence-corrected chi connectivity index (χ0v) is 43.1. The zero-order valence-electron chi connectivity index (χ0n) is 43.1. The standard InChI is InChI=1S/C55H101NO13/c1-3-5-7-9-11-13-15-17-19-20-21-22-23-24-25-27-29-31-33-35-37-39-47(60)56-43(44(59)38-36-34-32-30-28-26-18-16-14-12-10-8-6-4-2)42-66-54-52(65)50(63)53(46(41-58)68-54)69-55-51(64)49(62)48(61)45(40-57)67-55/h14,16,28,30,36,38,43-46,48-55,57-59,61-65H,3-13,15,17-27,29,31-35,37,39-42H2,1-2H3,(H,56,60)/b16-14+,30-28+,38-36+. The highest BCUT2D eigenvalue weighted by Gasteiger charge is 2.51. The van der Waals surface area contributed by atoms with E-state index in [0.29, 0.717) is 12.8 Å². The lowest BCUT2D eigenvalue weighted by Crippen LogP contribution is -2.65. The van der Waals surface area contributed by atoms with Gasteiger partial charge in [-0.05, 0) is 44.9 Å². The predicted molar refractivity (Wildman–Crippen MR) is 272 cm³/mol. The van der Waals surface area contributed by atoms with Gasteiger partial charge in [-0.1, -0.05) is 198 Å². The van der Waals surface area contributed by atoms with Crippen LogP contribution in [-0.2, 0) is 23.7 Å². The smallest absolute Gasteiger partial charge is 0.220 e. The predicted octanol–water partition coefficient (Wildman–Crippen LogP) is 8.27. The van der Waals surface area contributed by atoms with E-state index in [1.807, 2.05) is 6.08 Å². The van der Waals surface area contributed by atoms with Crippen molar-refractivity contribution in [1.82, 2.24) is 5.32 Å². The van der Waals surface area contributed by atoms with Crippen molar-refractivity contribution in [3.63, 3.8) is 0 Å². The highest BCUT2D eigenvalue weighted by Crippen LogP contribution is 2.30. The molecule has 0 radical (unpaired) electrons. The second kappa shape index (κ2) is 41.7. The van der Waals surface area contributed by atoms with E-state index in [9.17, 15) is 45.6 Å². The van der Waals surface area contributed by atoms with Crippen LogP contribution in [0.5, 0.6) is 0 Å². The molecule has 2 saturated heterocycles. The number of aliphatic hydroxyl groups is 8. The first-order valence-corrected chi connectivity index (χ1v) is 27.7. The number of ether oxygens (including phenoxy) is 4. The van der Waals surface area contributed by atoms with Gasteiger partial charge in [0, 0.05) is 6.42 Å². The fourth-order valence-electron chi connectivity index (χ4n) is 9.03. The second-order valence-electron chi connectivity index (χ2n) is 19.7. The number of aliphatic hydroxyl groups excluding tert-OH is 8. The first-order chi connectivity index (χ1) is 33.6. The molecule has 0 aliphatic carbocycles. The monoisotopic (exact) mass is 984 g/mol. The van der Waals surface area contributed by atoms with Crippen LogP contribution < -0.4 is 5.32 Å². The highest BCUT2D eigenvalue weighted by molar-refractivity contribution is 5.76. The molecule has 0 aromatic heterocycles. The minimum absolute atomic E-state index is 0.252. The summed E-state index contributed by atoms with van der Waals surface area (Å²) >= 11 is 0. The molecule has 2 heterocycles. The van der Waals surface area contributed by atoms with Crippen molar-refractivity contribution < 1.29 is 64.6 Å². The summed E-state index contributed by atoms with van der Waals surface area (Å²) < 4.78 is 22.7. The van der Waals surface area contributed by atoms with Crippen LogP contribution in [0.15, 0.2) is 36.5 Å². The van der Waals surface area contributed by atoms with E-state index in [4.69, 9.17) is 18.9 Å². The van der Waals surface area contributed by atoms with Gasteiger partial charge in [-0.3, -0.25) is 4.79 Å². The average molecular weight is 984 g/mol. The largest absolute Gasteiger partial charge is 0.394 e. The van der Waals surface area contributed by atoms with Gasteiger partial charge in [0.2, 0.25) is 5.91 Å². The molecule has 14 heteroatoms. The van der Waals surface area contributed by atoms with Crippen LogP contribution in [0.4, 0.5) is 0 Å². The van der Waals surface area contributed by atoms with E-state index in [-0.39, 0.29) is 18.9 Å². The maximum Gasteiger partial charge on any atom is 0.220 e. The Kier molecular flexibility index (Phi) is 38.2. The number of carbonyl (C=O) groups excluding carboxylic acids is 1. The van der Waals surface area contributed by atoms with Gasteiger partial charge in [-0.25, -0.2) is 0 Å². The summed E-state index contributed by atoms with van der Waals surface area (Å²) in [4.78, 5) is 13.2. The molecule has 2 aliphatic rings. The third-order valence-electron chi connectivity index (χ3n) is 13.6. The number of amides is 1. The van der Waals surface area contributed by atoms with Gasteiger partial charge in [0.05, 0.1) is 32.0 Å². The molecule has 14 nitrogen and oxygen atoms in total. The van der Waals surface area contributed by atoms with E-state index in [0.717, 1.165) is 44.9 Å². The Labute approximate surface area is 417 Å². The SMILES string of the molecule is CCCCCC/C=C/CC/C=C/CC/C=C/C(O)C(COC1OC(CO)C(OC2OC(CO)C(O)C(O)C2O)C(O)C1O)NC(=O)CCCCCCCCCCCCCCCCCCCCCCC. The lowest BCUT2D eigenvalue weighted by atomic mass is 9.97. The zero-order chi connectivity index (χ0) is 50.3. The maximum absolute atomic E-state index is 13.2. The molecule has 1 amide bonds. The molecule has 0 saturated carbocycles. The lowest BCUT2D eigenvalue weighted by Gasteiger charge is -2.46. The van der Waals surface area contributed by atoms with Crippen LogP contribution in [0.25, 0.3) is 0 Å². The van der Waals surface area contributed by atoms with Crippen LogP contribution in [0.3, 0.4) is 0 Å². The van der Waals surface area contributed by atoms with Gasteiger partial charge in [-0.15, -0.1) is 0 Å². The van der Waals surface area contributed by atoms with E-state index >= 15 is 0 Å². The van der Waals surface area contributed by atoms with E-state index in [1.54, 1.807) is 6.08 Å². The van der Waals surface area contributed by atoms with Gasteiger partial charge < -0.3 is 65.1 Å². The summed E-state index contributed by atoms with van der Waals surface area (Å²) in [5.41, 5.74) is 0. The van der Waals surface area contributed by atoms with Gasteiger partial charge >= 0.3 is 0 Å². The van der Waals surface area contributed by atoms with Crippen molar-refractivity contribution >= 4 is 5.91 Å². The number of rotatable bonds is 43. The summed E-state index contributed by atoms with van der Waals surface area (Å²) in [7, 11) is 0. The summed E-state index contributed by atoms with van der Waals surface area (Å²) in [6.07, 6.45) is 31.9. The van der Waals surface area contributed by atoms with Gasteiger partial charge in [-0.2, -0.15) is 0 Å². The second-order valence-corrected chi connectivity index (χ2v) is 19.7. The Bertz CT molecular complexity index is 1300. The molecule has 12 unspecified atom stereocenters. The molecule has 0 aromatic rings. The molecular formula is C55H101NO13. The molecule has 9 N–H and O–H groups in total. The number of hydrogen-bond acceptors (Lipinski definition) is 13. The van der Waals surface area contributed by atoms with Crippen molar-refractivity contribution in [3.05, 3.63) is 36.5 Å². The minimum Gasteiger partial charge on any atom is -0.394 e. The Morgan fingerprint density at radius 3 is 1.42 bits per heavy atom. The molecule has 0 bridgehead atoms. The maximum atomic E-state index is 13.2. The number of nitrogens with one attached hydrogen (secondary N) is 1. The minimum atomic E-state index is -1.79. The molecule has 2 aliphatic heterocycles. The summed E-state index contributed by atoms with van der Waals surface area (Å²) in [6.45, 7) is 2.75. The van der Waals surface area contributed by atoms with Gasteiger partial charge in [0.15, 0.2) is 12.6 Å². The molecule has 2 fully saturated rings. The van der Waals surface area contributed by atoms with Crippen LogP contribution in [0.1, 0.15) is 213 Å². The van der Waals surface area contributed by atoms with Crippen molar-refractivity contribution in [2.45, 2.75) is 286 Å². The molecule has 69 heavy (non-hydrogen) atoms. The third-order valence-corrected chi connectivity index (χ3v) is 13.6.